The van der Waals surface area contributed by atoms with Crippen LogP contribution in [0.25, 0.3) is 0 Å². The molecule has 0 radical (unpaired) electrons. The van der Waals surface area contributed by atoms with Crippen molar-refractivity contribution in [3.63, 3.8) is 0 Å². The summed E-state index contributed by atoms with van der Waals surface area (Å²) < 4.78 is 0.831. The molecule has 1 aliphatic heterocycles. The van der Waals surface area contributed by atoms with Gasteiger partial charge in [0.05, 0.1) is 6.04 Å². The minimum Gasteiger partial charge on any atom is -0.356 e. The Morgan fingerprint density at radius 3 is 3.15 bits per heavy atom. The van der Waals surface area contributed by atoms with Gasteiger partial charge in [-0.3, -0.25) is 4.79 Å². The van der Waals surface area contributed by atoms with Gasteiger partial charge in [-0.2, -0.15) is 0 Å². The fourth-order valence-corrected chi connectivity index (χ4v) is 2.42. The van der Waals surface area contributed by atoms with Crippen LogP contribution in [0.3, 0.4) is 0 Å². The van der Waals surface area contributed by atoms with Crippen LogP contribution >= 0.6 is 27.3 Å². The molecule has 0 saturated carbocycles. The number of aromatic nitrogens is 1. The molecule has 2 heterocycles. The maximum atomic E-state index is 10.9. The van der Waals surface area contributed by atoms with Gasteiger partial charge in [0.15, 0.2) is 5.13 Å². The number of carbonyl (C=O) groups is 1. The first kappa shape index (κ1) is 8.96. The highest BCUT2D eigenvalue weighted by Gasteiger charge is 2.21. The molecule has 0 spiro atoms. The van der Waals surface area contributed by atoms with Crippen LogP contribution in [0.2, 0.25) is 0 Å². The molecule has 4 nitrogen and oxygen atoms in total. The van der Waals surface area contributed by atoms with Gasteiger partial charge in [-0.15, -0.1) is 11.3 Å². The Morgan fingerprint density at radius 1 is 1.77 bits per heavy atom. The maximum absolute atomic E-state index is 10.9. The molecule has 6 heteroatoms. The second-order valence-corrected chi connectivity index (χ2v) is 4.50. The summed E-state index contributed by atoms with van der Waals surface area (Å²) in [7, 11) is 0. The molecule has 1 saturated heterocycles. The van der Waals surface area contributed by atoms with Crippen LogP contribution < -0.4 is 10.6 Å². The highest BCUT2D eigenvalue weighted by Crippen LogP contribution is 2.21. The lowest BCUT2D eigenvalue weighted by atomic mass is 10.3. The minimum absolute atomic E-state index is 0.105. The zero-order valence-corrected chi connectivity index (χ0v) is 9.11. The van der Waals surface area contributed by atoms with Gasteiger partial charge in [-0.05, 0) is 15.9 Å². The highest BCUT2D eigenvalue weighted by molar-refractivity contribution is 9.10. The van der Waals surface area contributed by atoms with Crippen LogP contribution in [-0.4, -0.2) is 23.5 Å². The van der Waals surface area contributed by atoms with E-state index in [1.54, 1.807) is 0 Å². The average molecular weight is 262 g/mol. The second kappa shape index (κ2) is 3.63. The molecule has 1 fully saturated rings. The van der Waals surface area contributed by atoms with E-state index >= 15 is 0 Å². The Morgan fingerprint density at radius 2 is 2.62 bits per heavy atom. The van der Waals surface area contributed by atoms with E-state index in [4.69, 9.17) is 0 Å². The van der Waals surface area contributed by atoms with Crippen LogP contribution in [0, 0.1) is 0 Å². The van der Waals surface area contributed by atoms with Crippen molar-refractivity contribution in [2.24, 2.45) is 0 Å². The largest absolute Gasteiger partial charge is 0.356 e. The van der Waals surface area contributed by atoms with E-state index in [-0.39, 0.29) is 11.9 Å². The van der Waals surface area contributed by atoms with Crippen molar-refractivity contribution in [1.82, 2.24) is 10.3 Å². The number of hydrogen-bond donors (Lipinski definition) is 2. The molecule has 0 aromatic carbocycles. The predicted molar refractivity (Wildman–Crippen MR) is 54.9 cm³/mol. The Bertz CT molecular complexity index is 327. The molecule has 1 atom stereocenters. The molecule has 70 valence electrons. The van der Waals surface area contributed by atoms with E-state index in [1.165, 1.54) is 11.3 Å². The maximum Gasteiger partial charge on any atom is 0.222 e. The van der Waals surface area contributed by atoms with E-state index in [0.29, 0.717) is 13.0 Å². The molecule has 2 N–H and O–H groups in total. The SMILES string of the molecule is O=C1CC(Nc2nc(Br)cs2)CN1. The van der Waals surface area contributed by atoms with Crippen LogP contribution in [0.5, 0.6) is 0 Å². The molecule has 1 amide bonds. The van der Waals surface area contributed by atoms with E-state index in [2.05, 4.69) is 31.5 Å². The number of carbonyl (C=O) groups excluding carboxylic acids is 1. The van der Waals surface area contributed by atoms with Crippen molar-refractivity contribution in [2.45, 2.75) is 12.5 Å². The molecular weight excluding hydrogens is 254 g/mol. The fraction of sp³-hybridized carbons (Fsp3) is 0.429. The van der Waals surface area contributed by atoms with E-state index < -0.39 is 0 Å². The molecule has 0 bridgehead atoms. The summed E-state index contributed by atoms with van der Waals surface area (Å²) in [6.45, 7) is 0.691. The van der Waals surface area contributed by atoms with Crippen molar-refractivity contribution in [3.8, 4) is 0 Å². The normalized spacial score (nSPS) is 21.6. The average Bonchev–Trinajstić information content (AvgIpc) is 2.62. The first-order valence-corrected chi connectivity index (χ1v) is 5.55. The summed E-state index contributed by atoms with van der Waals surface area (Å²) in [6, 6.07) is 0.186. The van der Waals surface area contributed by atoms with Crippen LogP contribution in [0.4, 0.5) is 5.13 Å². The van der Waals surface area contributed by atoms with Gasteiger partial charge in [0.25, 0.3) is 0 Å². The highest BCUT2D eigenvalue weighted by atomic mass is 79.9. The molecule has 2 rings (SSSR count). The number of hydrogen-bond acceptors (Lipinski definition) is 4. The fourth-order valence-electron chi connectivity index (χ4n) is 1.20. The summed E-state index contributed by atoms with van der Waals surface area (Å²) in [5.41, 5.74) is 0. The van der Waals surface area contributed by atoms with E-state index in [1.807, 2.05) is 5.38 Å². The van der Waals surface area contributed by atoms with Gasteiger partial charge >= 0.3 is 0 Å². The Labute approximate surface area is 87.9 Å². The van der Waals surface area contributed by atoms with Crippen molar-refractivity contribution in [3.05, 3.63) is 9.98 Å². The molecule has 0 aliphatic carbocycles. The van der Waals surface area contributed by atoms with Gasteiger partial charge in [0.2, 0.25) is 5.91 Å². The number of rotatable bonds is 2. The van der Waals surface area contributed by atoms with Gasteiger partial charge in [0, 0.05) is 18.3 Å². The Balaban J connectivity index is 1.95. The quantitative estimate of drug-likeness (QED) is 0.842. The molecule has 13 heavy (non-hydrogen) atoms. The molecular formula is C7H8BrN3OS. The summed E-state index contributed by atoms with van der Waals surface area (Å²) in [4.78, 5) is 15.1. The number of thiazole rings is 1. The van der Waals surface area contributed by atoms with E-state index in [9.17, 15) is 4.79 Å². The number of nitrogens with zero attached hydrogens (tertiary/aromatic N) is 1. The van der Waals surface area contributed by atoms with Gasteiger partial charge in [-0.1, -0.05) is 0 Å². The number of anilines is 1. The van der Waals surface area contributed by atoms with Crippen LogP contribution in [0.15, 0.2) is 9.98 Å². The Hall–Kier alpha value is -0.620. The number of amides is 1. The first-order valence-electron chi connectivity index (χ1n) is 3.88. The lowest BCUT2D eigenvalue weighted by Gasteiger charge is -2.07. The van der Waals surface area contributed by atoms with Gasteiger partial charge < -0.3 is 10.6 Å². The van der Waals surface area contributed by atoms with Crippen molar-refractivity contribution < 1.29 is 4.79 Å². The summed E-state index contributed by atoms with van der Waals surface area (Å²) >= 11 is 4.80. The standard InChI is InChI=1S/C7H8BrN3OS/c8-5-3-13-7(11-5)10-4-1-6(12)9-2-4/h3-4H,1-2H2,(H,9,12)(H,10,11). The molecule has 1 aliphatic rings. The summed E-state index contributed by atoms with van der Waals surface area (Å²) in [5.74, 6) is 0.105. The third-order valence-electron chi connectivity index (χ3n) is 1.78. The Kier molecular flexibility index (Phi) is 2.50. The lowest BCUT2D eigenvalue weighted by Crippen LogP contribution is -2.22. The number of halogens is 1. The van der Waals surface area contributed by atoms with Gasteiger partial charge in [-0.25, -0.2) is 4.98 Å². The van der Waals surface area contributed by atoms with Gasteiger partial charge in [0.1, 0.15) is 4.60 Å². The van der Waals surface area contributed by atoms with Crippen molar-refractivity contribution >= 4 is 38.3 Å². The van der Waals surface area contributed by atoms with E-state index in [0.717, 1.165) is 9.73 Å². The minimum atomic E-state index is 0.105. The van der Waals surface area contributed by atoms with Crippen LogP contribution in [-0.2, 0) is 4.79 Å². The smallest absolute Gasteiger partial charge is 0.222 e. The number of nitrogens with one attached hydrogen (secondary N) is 2. The molecule has 1 aromatic heterocycles. The van der Waals surface area contributed by atoms with Crippen LogP contribution in [0.1, 0.15) is 6.42 Å². The second-order valence-electron chi connectivity index (χ2n) is 2.82. The molecule has 1 unspecified atom stereocenters. The zero-order valence-electron chi connectivity index (χ0n) is 6.71. The van der Waals surface area contributed by atoms with Crippen molar-refractivity contribution in [1.29, 1.82) is 0 Å². The predicted octanol–water partition coefficient (Wildman–Crippen LogP) is 1.21. The summed E-state index contributed by atoms with van der Waals surface area (Å²) in [5, 5.41) is 8.71. The zero-order chi connectivity index (χ0) is 9.26. The topological polar surface area (TPSA) is 54.0 Å². The monoisotopic (exact) mass is 261 g/mol. The lowest BCUT2D eigenvalue weighted by molar-refractivity contribution is -0.119. The van der Waals surface area contributed by atoms with Crippen molar-refractivity contribution in [2.75, 3.05) is 11.9 Å². The summed E-state index contributed by atoms with van der Waals surface area (Å²) in [6.07, 6.45) is 0.539. The first-order chi connectivity index (χ1) is 6.24. The third kappa shape index (κ3) is 2.19. The molecule has 1 aromatic rings. The third-order valence-corrected chi connectivity index (χ3v) is 3.26.